The molecule has 1 saturated carbocycles. The molecule has 2 aromatic rings. The number of hydrogen-bond acceptors (Lipinski definition) is 2. The Kier molecular flexibility index (Phi) is 6.02. The molecule has 0 saturated heterocycles. The molecular formula is C24H24O3. The number of fused-ring (bicyclic) bond motifs is 2. The molecule has 27 heavy (non-hydrogen) atoms. The second-order valence-corrected chi connectivity index (χ2v) is 7.16. The van der Waals surface area contributed by atoms with Gasteiger partial charge in [0.15, 0.2) is 5.78 Å². The zero-order valence-electron chi connectivity index (χ0n) is 15.5. The molecule has 0 spiro atoms. The van der Waals surface area contributed by atoms with Gasteiger partial charge in [-0.3, -0.25) is 4.79 Å². The van der Waals surface area contributed by atoms with E-state index in [0.717, 1.165) is 29.0 Å². The number of rotatable bonds is 4. The third-order valence-electron chi connectivity index (χ3n) is 5.15. The standard InChI is InChI=1S/C17H14O3.C7H10/c1-12-4-2-3-5-15(12)17(20)14-9-6-13(7-10-14)8-11-16(18)19;1-2-7-4-3-6(1)5-7/h2-11H,1H3,(H,18,19);1-2,6-7H,3-5H2. The molecule has 4 rings (SSSR count). The summed E-state index contributed by atoms with van der Waals surface area (Å²) in [6.45, 7) is 1.90. The average molecular weight is 360 g/mol. The second-order valence-electron chi connectivity index (χ2n) is 7.16. The van der Waals surface area contributed by atoms with E-state index in [1.165, 1.54) is 25.3 Å². The number of carbonyl (C=O) groups excluding carboxylic acids is 1. The molecule has 2 unspecified atom stereocenters. The Morgan fingerprint density at radius 3 is 2.07 bits per heavy atom. The Bertz CT molecular complexity index is 863. The maximum Gasteiger partial charge on any atom is 0.328 e. The Morgan fingerprint density at radius 1 is 0.963 bits per heavy atom. The second kappa shape index (κ2) is 8.63. The fraction of sp³-hybridized carbons (Fsp3) is 0.250. The van der Waals surface area contributed by atoms with Crippen molar-refractivity contribution in [1.82, 2.24) is 0 Å². The van der Waals surface area contributed by atoms with E-state index < -0.39 is 5.97 Å². The van der Waals surface area contributed by atoms with Gasteiger partial charge in [0.2, 0.25) is 0 Å². The number of carbonyl (C=O) groups is 2. The average Bonchev–Trinajstić information content (AvgIpc) is 3.33. The van der Waals surface area contributed by atoms with Gasteiger partial charge in [-0.2, -0.15) is 0 Å². The first-order valence-corrected chi connectivity index (χ1v) is 9.32. The fourth-order valence-electron chi connectivity index (χ4n) is 3.61. The monoisotopic (exact) mass is 360 g/mol. The smallest absolute Gasteiger partial charge is 0.328 e. The van der Waals surface area contributed by atoms with Gasteiger partial charge in [0.1, 0.15) is 0 Å². The highest BCUT2D eigenvalue weighted by molar-refractivity contribution is 6.09. The highest BCUT2D eigenvalue weighted by atomic mass is 16.4. The molecule has 2 aromatic carbocycles. The predicted molar refractivity (Wildman–Crippen MR) is 108 cm³/mol. The van der Waals surface area contributed by atoms with Gasteiger partial charge >= 0.3 is 5.97 Å². The Balaban J connectivity index is 0.000000246. The van der Waals surface area contributed by atoms with Crippen LogP contribution < -0.4 is 0 Å². The van der Waals surface area contributed by atoms with Crippen molar-refractivity contribution in [1.29, 1.82) is 0 Å². The summed E-state index contributed by atoms with van der Waals surface area (Å²) < 4.78 is 0. The van der Waals surface area contributed by atoms with Crippen molar-refractivity contribution in [2.45, 2.75) is 26.2 Å². The Morgan fingerprint density at radius 2 is 1.59 bits per heavy atom. The minimum absolute atomic E-state index is 0.0307. The summed E-state index contributed by atoms with van der Waals surface area (Å²) in [6.07, 6.45) is 11.7. The first-order valence-electron chi connectivity index (χ1n) is 9.32. The number of carboxylic acids is 1. The van der Waals surface area contributed by atoms with E-state index >= 15 is 0 Å². The topological polar surface area (TPSA) is 54.4 Å². The van der Waals surface area contributed by atoms with Crippen molar-refractivity contribution in [2.24, 2.45) is 11.8 Å². The van der Waals surface area contributed by atoms with Crippen molar-refractivity contribution < 1.29 is 14.7 Å². The van der Waals surface area contributed by atoms with E-state index in [4.69, 9.17) is 5.11 Å². The number of carboxylic acid groups (broad SMARTS) is 1. The quantitative estimate of drug-likeness (QED) is 0.457. The maximum absolute atomic E-state index is 12.3. The van der Waals surface area contributed by atoms with Gasteiger partial charge in [-0.25, -0.2) is 4.79 Å². The van der Waals surface area contributed by atoms with Crippen LogP contribution in [0.5, 0.6) is 0 Å². The molecule has 1 fully saturated rings. The molecule has 2 aliphatic carbocycles. The molecule has 0 radical (unpaired) electrons. The van der Waals surface area contributed by atoms with Crippen LogP contribution in [0.1, 0.15) is 46.3 Å². The lowest BCUT2D eigenvalue weighted by atomic mass is 9.98. The van der Waals surface area contributed by atoms with Gasteiger partial charge < -0.3 is 5.11 Å². The van der Waals surface area contributed by atoms with Crippen LogP contribution in [-0.2, 0) is 4.79 Å². The summed E-state index contributed by atoms with van der Waals surface area (Å²) in [5.41, 5.74) is 2.95. The summed E-state index contributed by atoms with van der Waals surface area (Å²) >= 11 is 0. The predicted octanol–water partition coefficient (Wildman–Crippen LogP) is 5.30. The minimum atomic E-state index is -0.995. The van der Waals surface area contributed by atoms with Gasteiger partial charge in [-0.15, -0.1) is 0 Å². The lowest BCUT2D eigenvalue weighted by Crippen LogP contribution is -2.03. The molecule has 3 heteroatoms. The van der Waals surface area contributed by atoms with Crippen LogP contribution in [0.25, 0.3) is 6.08 Å². The summed E-state index contributed by atoms with van der Waals surface area (Å²) in [5, 5.41) is 8.56. The van der Waals surface area contributed by atoms with Crippen molar-refractivity contribution in [3.05, 3.63) is 89.0 Å². The molecule has 3 nitrogen and oxygen atoms in total. The van der Waals surface area contributed by atoms with Crippen LogP contribution in [0.3, 0.4) is 0 Å². The van der Waals surface area contributed by atoms with Crippen LogP contribution in [0.15, 0.2) is 66.8 Å². The normalized spacial score (nSPS) is 19.7. The van der Waals surface area contributed by atoms with Gasteiger partial charge in [-0.1, -0.05) is 60.7 Å². The lowest BCUT2D eigenvalue weighted by molar-refractivity contribution is -0.131. The van der Waals surface area contributed by atoms with Crippen molar-refractivity contribution in [3.8, 4) is 0 Å². The highest BCUT2D eigenvalue weighted by Gasteiger charge is 2.25. The third-order valence-corrected chi connectivity index (χ3v) is 5.15. The first kappa shape index (κ1) is 18.8. The molecule has 2 bridgehead atoms. The molecule has 1 N–H and O–H groups in total. The van der Waals surface area contributed by atoms with E-state index in [0.29, 0.717) is 11.1 Å². The number of aliphatic carboxylic acids is 1. The van der Waals surface area contributed by atoms with Gasteiger partial charge in [0.25, 0.3) is 0 Å². The van der Waals surface area contributed by atoms with Crippen molar-refractivity contribution in [3.63, 3.8) is 0 Å². The number of benzene rings is 2. The molecular weight excluding hydrogens is 336 g/mol. The largest absolute Gasteiger partial charge is 0.478 e. The third kappa shape index (κ3) is 5.04. The summed E-state index contributed by atoms with van der Waals surface area (Å²) in [4.78, 5) is 22.8. The molecule has 138 valence electrons. The molecule has 0 amide bonds. The summed E-state index contributed by atoms with van der Waals surface area (Å²) in [6, 6.07) is 14.3. The Labute approximate surface area is 160 Å². The number of aryl methyl sites for hydroxylation is 1. The van der Waals surface area contributed by atoms with Crippen molar-refractivity contribution >= 4 is 17.8 Å². The van der Waals surface area contributed by atoms with Crippen LogP contribution in [0, 0.1) is 18.8 Å². The maximum atomic E-state index is 12.3. The first-order chi connectivity index (χ1) is 13.0. The lowest BCUT2D eigenvalue weighted by Gasteiger charge is -2.05. The van der Waals surface area contributed by atoms with Crippen molar-refractivity contribution in [2.75, 3.05) is 0 Å². The molecule has 0 aromatic heterocycles. The molecule has 0 aliphatic heterocycles. The van der Waals surface area contributed by atoms with E-state index in [2.05, 4.69) is 12.2 Å². The van der Waals surface area contributed by atoms with Crippen LogP contribution in [0.2, 0.25) is 0 Å². The molecule has 2 atom stereocenters. The van der Waals surface area contributed by atoms with Crippen LogP contribution in [-0.4, -0.2) is 16.9 Å². The minimum Gasteiger partial charge on any atom is -0.478 e. The zero-order chi connectivity index (χ0) is 19.2. The zero-order valence-corrected chi connectivity index (χ0v) is 15.5. The summed E-state index contributed by atoms with van der Waals surface area (Å²) in [5.74, 6) is 0.955. The van der Waals surface area contributed by atoms with E-state index in [1.807, 2.05) is 25.1 Å². The highest BCUT2D eigenvalue weighted by Crippen LogP contribution is 2.38. The fourth-order valence-corrected chi connectivity index (χ4v) is 3.61. The SMILES string of the molecule is C1=CC2CCC1C2.Cc1ccccc1C(=O)c1ccc(C=CC(=O)O)cc1. The molecule has 0 heterocycles. The van der Waals surface area contributed by atoms with Gasteiger partial charge in [0, 0.05) is 17.2 Å². The molecule has 2 aliphatic rings. The van der Waals surface area contributed by atoms with Gasteiger partial charge in [-0.05, 0) is 55.2 Å². The number of ketones is 1. The van der Waals surface area contributed by atoms with E-state index in [-0.39, 0.29) is 5.78 Å². The van der Waals surface area contributed by atoms with E-state index in [1.54, 1.807) is 30.3 Å². The number of hydrogen-bond donors (Lipinski definition) is 1. The van der Waals surface area contributed by atoms with E-state index in [9.17, 15) is 9.59 Å². The summed E-state index contributed by atoms with van der Waals surface area (Å²) in [7, 11) is 0. The number of allylic oxidation sites excluding steroid dienone is 2. The Hall–Kier alpha value is -2.94. The van der Waals surface area contributed by atoms with Gasteiger partial charge in [0.05, 0.1) is 0 Å². The van der Waals surface area contributed by atoms with Crippen LogP contribution in [0.4, 0.5) is 0 Å². The van der Waals surface area contributed by atoms with Crippen LogP contribution >= 0.6 is 0 Å².